The van der Waals surface area contributed by atoms with Gasteiger partial charge < -0.3 is 23.8 Å². The van der Waals surface area contributed by atoms with Crippen molar-refractivity contribution in [3.8, 4) is 0 Å². The first kappa shape index (κ1) is 28.9. The quantitative estimate of drug-likeness (QED) is 0.196. The molecule has 1 saturated heterocycles. The van der Waals surface area contributed by atoms with Crippen molar-refractivity contribution in [3.63, 3.8) is 0 Å². The molecule has 3 heterocycles. The van der Waals surface area contributed by atoms with Crippen molar-refractivity contribution in [1.29, 1.82) is 0 Å². The molecule has 212 valence electrons. The number of amides is 3. The maximum absolute atomic E-state index is 13.1. The van der Waals surface area contributed by atoms with Crippen molar-refractivity contribution < 1.29 is 38.1 Å². The normalized spacial score (nSPS) is 17.8. The molecular formula is C28H37N3O8. The number of hydrogen-bond donors (Lipinski definition) is 0. The molecule has 1 fully saturated rings. The molecular weight excluding hydrogens is 506 g/mol. The monoisotopic (exact) mass is 543 g/mol. The zero-order valence-corrected chi connectivity index (χ0v) is 22.7. The van der Waals surface area contributed by atoms with E-state index in [4.69, 9.17) is 18.9 Å². The zero-order chi connectivity index (χ0) is 27.8. The molecule has 0 atom stereocenters. The molecule has 3 aliphatic rings. The van der Waals surface area contributed by atoms with E-state index in [9.17, 15) is 19.2 Å². The fourth-order valence-corrected chi connectivity index (χ4v) is 4.94. The molecule has 3 aliphatic heterocycles. The van der Waals surface area contributed by atoms with E-state index in [1.165, 1.54) is 4.90 Å². The van der Waals surface area contributed by atoms with Crippen LogP contribution in [0.3, 0.4) is 0 Å². The summed E-state index contributed by atoms with van der Waals surface area (Å²) in [6.45, 7) is 7.55. The highest BCUT2D eigenvalue weighted by atomic mass is 16.5. The summed E-state index contributed by atoms with van der Waals surface area (Å²) in [6.07, 6.45) is 2.20. The van der Waals surface area contributed by atoms with Gasteiger partial charge in [-0.15, -0.1) is 0 Å². The second-order valence-electron chi connectivity index (χ2n) is 9.80. The largest absolute Gasteiger partial charge is 0.457 e. The Bertz CT molecular complexity index is 1110. The number of unbranched alkanes of at least 4 members (excludes halogenated alkanes) is 1. The average molecular weight is 544 g/mol. The molecule has 0 unspecified atom stereocenters. The predicted molar refractivity (Wildman–Crippen MR) is 141 cm³/mol. The van der Waals surface area contributed by atoms with Crippen molar-refractivity contribution in [2.24, 2.45) is 0 Å². The lowest BCUT2D eigenvalue weighted by atomic mass is 10.0. The number of methoxy groups -OCH3 is 1. The molecule has 0 aliphatic carbocycles. The van der Waals surface area contributed by atoms with Crippen LogP contribution in [0.25, 0.3) is 0 Å². The molecule has 3 amide bonds. The van der Waals surface area contributed by atoms with Crippen LogP contribution in [0.2, 0.25) is 0 Å². The minimum atomic E-state index is -0.386. The summed E-state index contributed by atoms with van der Waals surface area (Å²) >= 11 is 0. The van der Waals surface area contributed by atoms with Crippen LogP contribution in [0.5, 0.6) is 0 Å². The maximum atomic E-state index is 13.1. The van der Waals surface area contributed by atoms with Crippen molar-refractivity contribution in [3.05, 3.63) is 40.5 Å². The second-order valence-corrected chi connectivity index (χ2v) is 9.80. The summed E-state index contributed by atoms with van der Waals surface area (Å²) in [6, 6.07) is 4.91. The number of benzene rings is 1. The number of rotatable bonds is 14. The number of esters is 1. The van der Waals surface area contributed by atoms with E-state index >= 15 is 0 Å². The summed E-state index contributed by atoms with van der Waals surface area (Å²) in [5.41, 5.74) is 2.64. The maximum Gasteiger partial charge on any atom is 0.338 e. The van der Waals surface area contributed by atoms with Gasteiger partial charge in [0.15, 0.2) is 0 Å². The van der Waals surface area contributed by atoms with Crippen molar-refractivity contribution in [2.45, 2.75) is 32.8 Å². The average Bonchev–Trinajstić information content (AvgIpc) is 3.41. The van der Waals surface area contributed by atoms with Gasteiger partial charge in [0, 0.05) is 50.0 Å². The van der Waals surface area contributed by atoms with E-state index in [1.54, 1.807) is 32.2 Å². The molecule has 4 rings (SSSR count). The second kappa shape index (κ2) is 13.8. The number of cyclic esters (lactones) is 1. The van der Waals surface area contributed by atoms with Crippen LogP contribution in [0.1, 0.15) is 42.1 Å². The number of piperazine rings is 1. The molecule has 39 heavy (non-hydrogen) atoms. The van der Waals surface area contributed by atoms with Crippen LogP contribution in [0, 0.1) is 0 Å². The van der Waals surface area contributed by atoms with E-state index in [2.05, 4.69) is 4.90 Å². The molecule has 11 heteroatoms. The Kier molecular flexibility index (Phi) is 10.2. The number of anilines is 1. The fraction of sp³-hybridized carbons (Fsp3) is 0.571. The highest BCUT2D eigenvalue weighted by Gasteiger charge is 2.37. The number of hydrogen-bond acceptors (Lipinski definition) is 9. The molecule has 0 N–H and O–H groups in total. The molecule has 0 saturated carbocycles. The Morgan fingerprint density at radius 1 is 0.949 bits per heavy atom. The first-order chi connectivity index (χ1) is 18.9. The lowest BCUT2D eigenvalue weighted by molar-refractivity contribution is -0.138. The number of ether oxygens (including phenoxy) is 4. The number of fused-ring (bicyclic) bond motifs is 1. The van der Waals surface area contributed by atoms with Gasteiger partial charge >= 0.3 is 5.97 Å². The Labute approximate surface area is 228 Å². The fourth-order valence-electron chi connectivity index (χ4n) is 4.94. The van der Waals surface area contributed by atoms with Crippen LogP contribution >= 0.6 is 0 Å². The van der Waals surface area contributed by atoms with Crippen LogP contribution in [-0.2, 0) is 39.9 Å². The van der Waals surface area contributed by atoms with Gasteiger partial charge in [0.25, 0.3) is 11.8 Å². The zero-order valence-electron chi connectivity index (χ0n) is 22.7. The molecule has 11 nitrogen and oxygen atoms in total. The van der Waals surface area contributed by atoms with E-state index in [0.717, 1.165) is 32.5 Å². The van der Waals surface area contributed by atoms with Gasteiger partial charge in [-0.3, -0.25) is 19.3 Å². The Morgan fingerprint density at radius 2 is 1.69 bits per heavy atom. The third-order valence-electron chi connectivity index (χ3n) is 7.27. The lowest BCUT2D eigenvalue weighted by Gasteiger charge is -2.34. The predicted octanol–water partition coefficient (Wildman–Crippen LogP) is 1.54. The minimum absolute atomic E-state index is 0.00887. The van der Waals surface area contributed by atoms with Crippen LogP contribution < -0.4 is 4.90 Å². The number of imide groups is 1. The van der Waals surface area contributed by atoms with Crippen LogP contribution in [0.15, 0.2) is 29.3 Å². The van der Waals surface area contributed by atoms with Crippen LogP contribution in [0.4, 0.5) is 5.69 Å². The topological polar surface area (TPSA) is 115 Å². The van der Waals surface area contributed by atoms with Gasteiger partial charge in [0.2, 0.25) is 5.91 Å². The molecule has 0 bridgehead atoms. The molecule has 1 aromatic rings. The third kappa shape index (κ3) is 7.10. The van der Waals surface area contributed by atoms with Gasteiger partial charge in [0.05, 0.1) is 37.7 Å². The summed E-state index contributed by atoms with van der Waals surface area (Å²) in [5.74, 6) is -1.00. The highest BCUT2D eigenvalue weighted by molar-refractivity contribution is 6.32. The summed E-state index contributed by atoms with van der Waals surface area (Å²) in [4.78, 5) is 55.4. The Balaban J connectivity index is 1.14. The van der Waals surface area contributed by atoms with Gasteiger partial charge in [-0.2, -0.15) is 0 Å². The summed E-state index contributed by atoms with van der Waals surface area (Å²) in [5, 5.41) is 0. The number of carbonyl (C=O) groups excluding carboxylic acids is 4. The van der Waals surface area contributed by atoms with E-state index < -0.39 is 0 Å². The lowest BCUT2D eigenvalue weighted by Crippen LogP contribution is -2.49. The molecule has 0 radical (unpaired) electrons. The first-order valence-electron chi connectivity index (χ1n) is 13.4. The van der Waals surface area contributed by atoms with E-state index in [0.29, 0.717) is 73.9 Å². The van der Waals surface area contributed by atoms with E-state index in [-0.39, 0.29) is 36.9 Å². The smallest absolute Gasteiger partial charge is 0.338 e. The molecule has 1 aromatic carbocycles. The molecule has 0 aromatic heterocycles. The van der Waals surface area contributed by atoms with Crippen molar-refractivity contribution >= 4 is 29.4 Å². The first-order valence-corrected chi connectivity index (χ1v) is 13.4. The van der Waals surface area contributed by atoms with Crippen molar-refractivity contribution in [2.75, 3.05) is 77.8 Å². The van der Waals surface area contributed by atoms with E-state index in [1.807, 2.05) is 4.90 Å². The highest BCUT2D eigenvalue weighted by Crippen LogP contribution is 2.32. The number of carbonyl (C=O) groups is 4. The van der Waals surface area contributed by atoms with Crippen molar-refractivity contribution in [1.82, 2.24) is 9.80 Å². The standard InChI is InChI=1S/C28H37N3O8/c1-20-23(27(34)31(26(20)33)22-6-7-24-21(17-22)18-39-28(24)35)5-3-4-8-29-9-11-30(12-10-29)25(32)19-38-16-15-37-14-13-36-2/h6-7,17H,3-5,8-16,18-19H2,1-2H3. The molecule has 0 spiro atoms. The van der Waals surface area contributed by atoms with Gasteiger partial charge in [-0.25, -0.2) is 9.69 Å². The summed E-state index contributed by atoms with van der Waals surface area (Å²) < 4.78 is 20.7. The van der Waals surface area contributed by atoms with Crippen LogP contribution in [-0.4, -0.2) is 106 Å². The third-order valence-corrected chi connectivity index (χ3v) is 7.27. The summed E-state index contributed by atoms with van der Waals surface area (Å²) in [7, 11) is 1.62. The van der Waals surface area contributed by atoms with Gasteiger partial charge in [-0.05, 0) is 50.9 Å². The SMILES string of the molecule is COCCOCCOCC(=O)N1CCN(CCCCC2=C(C)C(=O)N(c3ccc4c(c3)COC4=O)C2=O)CC1. The van der Waals surface area contributed by atoms with Gasteiger partial charge in [-0.1, -0.05) is 0 Å². The number of nitrogens with zero attached hydrogens (tertiary/aromatic N) is 3. The Hall–Kier alpha value is -3.12. The Morgan fingerprint density at radius 3 is 2.46 bits per heavy atom. The minimum Gasteiger partial charge on any atom is -0.457 e. The van der Waals surface area contributed by atoms with Gasteiger partial charge in [0.1, 0.15) is 13.2 Å².